The van der Waals surface area contributed by atoms with E-state index in [4.69, 9.17) is 11.6 Å². The zero-order valence-electron chi connectivity index (χ0n) is 3.72. The standard InChI is InChI=1S/C3H4ClNO2/c1-3(6)7-5-2-4/h2H,1H3/b5-2-. The molecule has 0 heterocycles. The summed E-state index contributed by atoms with van der Waals surface area (Å²) in [7, 11) is 0. The van der Waals surface area contributed by atoms with Crippen molar-refractivity contribution in [1.29, 1.82) is 0 Å². The van der Waals surface area contributed by atoms with Gasteiger partial charge in [-0.15, -0.1) is 0 Å². The SMILES string of the molecule is CC(=O)O/N=C\Cl. The molecular weight excluding hydrogens is 117 g/mol. The van der Waals surface area contributed by atoms with Gasteiger partial charge in [0.25, 0.3) is 0 Å². The van der Waals surface area contributed by atoms with Crippen molar-refractivity contribution in [1.82, 2.24) is 0 Å². The predicted molar refractivity (Wildman–Crippen MR) is 26.1 cm³/mol. The van der Waals surface area contributed by atoms with E-state index in [9.17, 15) is 4.79 Å². The topological polar surface area (TPSA) is 38.7 Å². The van der Waals surface area contributed by atoms with E-state index in [0.717, 1.165) is 5.67 Å². The van der Waals surface area contributed by atoms with Crippen LogP contribution in [-0.2, 0) is 9.63 Å². The summed E-state index contributed by atoms with van der Waals surface area (Å²) in [5.41, 5.74) is 0.876. The second-order valence-electron chi connectivity index (χ2n) is 0.786. The first-order valence-corrected chi connectivity index (χ1v) is 2.00. The average Bonchev–Trinajstić information content (AvgIpc) is 1.61. The van der Waals surface area contributed by atoms with Crippen molar-refractivity contribution in [2.75, 3.05) is 0 Å². The van der Waals surface area contributed by atoms with Crippen molar-refractivity contribution in [2.45, 2.75) is 6.92 Å². The first-order valence-electron chi connectivity index (χ1n) is 1.57. The molecule has 40 valence electrons. The molecule has 0 aromatic rings. The van der Waals surface area contributed by atoms with Crippen molar-refractivity contribution in [2.24, 2.45) is 5.16 Å². The summed E-state index contributed by atoms with van der Waals surface area (Å²) < 4.78 is 0. The van der Waals surface area contributed by atoms with Crippen LogP contribution in [0.5, 0.6) is 0 Å². The first kappa shape index (κ1) is 6.43. The van der Waals surface area contributed by atoms with Gasteiger partial charge in [0.1, 0.15) is 5.67 Å². The maximum atomic E-state index is 9.81. The Morgan fingerprint density at radius 2 is 2.57 bits per heavy atom. The summed E-state index contributed by atoms with van der Waals surface area (Å²) in [5.74, 6) is -0.475. The molecule has 7 heavy (non-hydrogen) atoms. The van der Waals surface area contributed by atoms with E-state index in [1.54, 1.807) is 0 Å². The Labute approximate surface area is 45.9 Å². The third-order valence-corrected chi connectivity index (χ3v) is 0.301. The molecule has 0 saturated heterocycles. The van der Waals surface area contributed by atoms with Crippen LogP contribution < -0.4 is 0 Å². The molecule has 0 amide bonds. The predicted octanol–water partition coefficient (Wildman–Crippen LogP) is 0.732. The van der Waals surface area contributed by atoms with Gasteiger partial charge in [0.15, 0.2) is 0 Å². The minimum Gasteiger partial charge on any atom is -0.318 e. The van der Waals surface area contributed by atoms with Crippen LogP contribution in [0.15, 0.2) is 5.16 Å². The molecular formula is C3H4ClNO2. The highest BCUT2D eigenvalue weighted by molar-refractivity contribution is 6.56. The third-order valence-electron chi connectivity index (χ3n) is 0.221. The van der Waals surface area contributed by atoms with E-state index in [-0.39, 0.29) is 0 Å². The van der Waals surface area contributed by atoms with Crippen molar-refractivity contribution in [3.63, 3.8) is 0 Å². The lowest BCUT2D eigenvalue weighted by atomic mass is 10.8. The van der Waals surface area contributed by atoms with E-state index in [0.29, 0.717) is 0 Å². The van der Waals surface area contributed by atoms with Crippen LogP contribution in [0.4, 0.5) is 0 Å². The van der Waals surface area contributed by atoms with Crippen molar-refractivity contribution < 1.29 is 9.63 Å². The Bertz CT molecular complexity index is 90.9. The summed E-state index contributed by atoms with van der Waals surface area (Å²) in [5, 5.41) is 2.96. The summed E-state index contributed by atoms with van der Waals surface area (Å²) in [6.45, 7) is 1.24. The lowest BCUT2D eigenvalue weighted by molar-refractivity contribution is -0.140. The molecule has 0 saturated carbocycles. The maximum Gasteiger partial charge on any atom is 0.332 e. The van der Waals surface area contributed by atoms with Crippen LogP contribution in [0.2, 0.25) is 0 Å². The number of rotatable bonds is 1. The number of hydrogen-bond donors (Lipinski definition) is 0. The monoisotopic (exact) mass is 121 g/mol. The fraction of sp³-hybridized carbons (Fsp3) is 0.333. The number of halogens is 1. The Balaban J connectivity index is 3.14. The van der Waals surface area contributed by atoms with E-state index in [1.165, 1.54) is 6.92 Å². The summed E-state index contributed by atoms with van der Waals surface area (Å²) >= 11 is 4.88. The van der Waals surface area contributed by atoms with E-state index >= 15 is 0 Å². The number of hydrogen-bond acceptors (Lipinski definition) is 3. The fourth-order valence-electron chi connectivity index (χ4n) is 0.0941. The molecule has 0 radical (unpaired) electrons. The Hall–Kier alpha value is -0.570. The minimum atomic E-state index is -0.475. The Morgan fingerprint density at radius 1 is 2.00 bits per heavy atom. The van der Waals surface area contributed by atoms with Crippen LogP contribution in [0.1, 0.15) is 6.92 Å². The highest BCUT2D eigenvalue weighted by atomic mass is 35.5. The van der Waals surface area contributed by atoms with Gasteiger partial charge in [-0.25, -0.2) is 4.79 Å². The molecule has 0 fully saturated rings. The number of carbonyl (C=O) groups excluding carboxylic acids is 1. The van der Waals surface area contributed by atoms with Crippen molar-refractivity contribution >= 4 is 23.2 Å². The van der Waals surface area contributed by atoms with E-state index in [1.807, 2.05) is 0 Å². The molecule has 0 aromatic heterocycles. The van der Waals surface area contributed by atoms with Crippen LogP contribution in [0, 0.1) is 0 Å². The molecule has 0 atom stereocenters. The van der Waals surface area contributed by atoms with Crippen LogP contribution in [0.25, 0.3) is 0 Å². The zero-order valence-corrected chi connectivity index (χ0v) is 4.47. The number of oxime groups is 1. The second-order valence-corrected chi connectivity index (χ2v) is 0.981. The van der Waals surface area contributed by atoms with Gasteiger partial charge >= 0.3 is 5.97 Å². The molecule has 0 spiro atoms. The number of carbonyl (C=O) groups is 1. The van der Waals surface area contributed by atoms with Crippen molar-refractivity contribution in [3.05, 3.63) is 0 Å². The zero-order chi connectivity index (χ0) is 5.70. The molecule has 0 N–H and O–H groups in total. The lowest BCUT2D eigenvalue weighted by Crippen LogP contribution is -1.88. The summed E-state index contributed by atoms with van der Waals surface area (Å²) in [6.07, 6.45) is 0. The molecule has 0 aliphatic carbocycles. The van der Waals surface area contributed by atoms with Crippen LogP contribution >= 0.6 is 11.6 Å². The summed E-state index contributed by atoms with van der Waals surface area (Å²) in [4.78, 5) is 13.8. The molecule has 3 nitrogen and oxygen atoms in total. The smallest absolute Gasteiger partial charge is 0.318 e. The third kappa shape index (κ3) is 5.43. The first-order chi connectivity index (χ1) is 3.27. The Morgan fingerprint density at radius 3 is 2.71 bits per heavy atom. The molecule has 0 bridgehead atoms. The molecule has 0 aromatic carbocycles. The lowest BCUT2D eigenvalue weighted by Gasteiger charge is -1.82. The molecule has 0 aliphatic rings. The number of nitrogens with zero attached hydrogens (tertiary/aromatic N) is 1. The van der Waals surface area contributed by atoms with Crippen LogP contribution in [0.3, 0.4) is 0 Å². The molecule has 0 unspecified atom stereocenters. The van der Waals surface area contributed by atoms with Gasteiger partial charge in [-0.2, -0.15) is 0 Å². The van der Waals surface area contributed by atoms with E-state index in [2.05, 4.69) is 9.99 Å². The van der Waals surface area contributed by atoms with Gasteiger partial charge < -0.3 is 4.84 Å². The van der Waals surface area contributed by atoms with E-state index < -0.39 is 5.97 Å². The van der Waals surface area contributed by atoms with Crippen molar-refractivity contribution in [3.8, 4) is 0 Å². The Kier molecular flexibility index (Phi) is 3.32. The minimum absolute atomic E-state index is 0.475. The van der Waals surface area contributed by atoms with Gasteiger partial charge in [-0.3, -0.25) is 0 Å². The molecule has 4 heteroatoms. The normalized spacial score (nSPS) is 9.43. The average molecular weight is 122 g/mol. The maximum absolute atomic E-state index is 9.81. The highest BCUT2D eigenvalue weighted by Crippen LogP contribution is 1.74. The van der Waals surface area contributed by atoms with Gasteiger partial charge in [-0.05, 0) is 0 Å². The van der Waals surface area contributed by atoms with Gasteiger partial charge in [0.2, 0.25) is 0 Å². The summed E-state index contributed by atoms with van der Waals surface area (Å²) in [6, 6.07) is 0. The van der Waals surface area contributed by atoms with Crippen LogP contribution in [-0.4, -0.2) is 11.6 Å². The molecule has 0 aliphatic heterocycles. The highest BCUT2D eigenvalue weighted by Gasteiger charge is 1.82. The van der Waals surface area contributed by atoms with Gasteiger partial charge in [0, 0.05) is 6.92 Å². The second kappa shape index (κ2) is 3.61. The van der Waals surface area contributed by atoms with Gasteiger partial charge in [0.05, 0.1) is 0 Å². The quantitative estimate of drug-likeness (QED) is 0.292. The van der Waals surface area contributed by atoms with Gasteiger partial charge in [-0.1, -0.05) is 16.8 Å². The fourth-order valence-corrected chi connectivity index (χ4v) is 0.134. The molecule has 0 rings (SSSR count). The largest absolute Gasteiger partial charge is 0.332 e.